The minimum absolute atomic E-state index is 0.155. The lowest BCUT2D eigenvalue weighted by molar-refractivity contribution is -0.692. The monoisotopic (exact) mass is 395 g/mol. The average molecular weight is 395 g/mol. The lowest BCUT2D eigenvalue weighted by Crippen LogP contribution is -2.47. The third-order valence-electron chi connectivity index (χ3n) is 4.06. The van der Waals surface area contributed by atoms with Crippen LogP contribution in [0.25, 0.3) is 0 Å². The summed E-state index contributed by atoms with van der Waals surface area (Å²) in [6.45, 7) is 2.10. The zero-order valence-electron chi connectivity index (χ0n) is 15.0. The van der Waals surface area contributed by atoms with Crippen molar-refractivity contribution in [1.29, 1.82) is 0 Å². The maximum atomic E-state index is 13.2. The third kappa shape index (κ3) is 4.47. The molecule has 0 aliphatic heterocycles. The van der Waals surface area contributed by atoms with E-state index in [-0.39, 0.29) is 28.6 Å². The van der Waals surface area contributed by atoms with Crippen LogP contribution >= 0.6 is 0 Å². The van der Waals surface area contributed by atoms with E-state index in [9.17, 15) is 14.9 Å². The Morgan fingerprint density at radius 2 is 2.11 bits per heavy atom. The Bertz CT molecular complexity index is 1030. The summed E-state index contributed by atoms with van der Waals surface area (Å²) in [7, 11) is 0. The van der Waals surface area contributed by atoms with E-state index in [2.05, 4.69) is 4.99 Å². The number of hydrogen-bond acceptors (Lipinski definition) is 6. The van der Waals surface area contributed by atoms with E-state index in [4.69, 9.17) is 17.0 Å². The fourth-order valence-corrected chi connectivity index (χ4v) is 3.02. The van der Waals surface area contributed by atoms with Crippen molar-refractivity contribution < 1.29 is 18.7 Å². The number of nitro groups is 1. The van der Waals surface area contributed by atoms with E-state index in [0.717, 1.165) is 5.56 Å². The molecule has 7 nitrogen and oxygen atoms in total. The van der Waals surface area contributed by atoms with E-state index >= 15 is 0 Å². The van der Waals surface area contributed by atoms with Gasteiger partial charge in [0, 0.05) is 29.3 Å². The summed E-state index contributed by atoms with van der Waals surface area (Å²) in [4.78, 5) is 28.1. The SMILES string of the molecule is Cc1ccc[n+]([C@@H](C(=O)c2cccc([N+](=O)[O-])c2)C([S-])=NCc2ccco2)c1. The molecule has 1 atom stereocenters. The number of aryl methyl sites for hydroxylation is 1. The van der Waals surface area contributed by atoms with Crippen molar-refractivity contribution in [2.75, 3.05) is 0 Å². The number of Topliss-reactive ketones (excluding diaryl/α,β-unsaturated/α-hetero) is 1. The summed E-state index contributed by atoms with van der Waals surface area (Å²) in [5.41, 5.74) is 0.981. The molecule has 0 fully saturated rings. The second-order valence-electron chi connectivity index (χ2n) is 6.14. The minimum atomic E-state index is -0.896. The van der Waals surface area contributed by atoms with Gasteiger partial charge in [-0.1, -0.05) is 12.1 Å². The molecule has 0 N–H and O–H groups in total. The number of rotatable bonds is 7. The van der Waals surface area contributed by atoms with Crippen molar-refractivity contribution in [2.24, 2.45) is 4.99 Å². The first-order valence-corrected chi connectivity index (χ1v) is 8.86. The van der Waals surface area contributed by atoms with Gasteiger partial charge in [-0.2, -0.15) is 4.57 Å². The predicted octanol–water partition coefficient (Wildman–Crippen LogP) is 3.35. The first-order valence-electron chi connectivity index (χ1n) is 8.45. The van der Waals surface area contributed by atoms with Gasteiger partial charge in [-0.05, 0) is 30.2 Å². The molecule has 0 aliphatic carbocycles. The molecule has 0 aliphatic rings. The van der Waals surface area contributed by atoms with Crippen LogP contribution in [-0.2, 0) is 19.2 Å². The molecule has 3 aromatic rings. The smallest absolute Gasteiger partial charge is 0.270 e. The van der Waals surface area contributed by atoms with Crippen molar-refractivity contribution in [3.63, 3.8) is 0 Å². The molecule has 0 saturated heterocycles. The summed E-state index contributed by atoms with van der Waals surface area (Å²) in [5, 5.41) is 11.2. The molecule has 0 saturated carbocycles. The second-order valence-corrected chi connectivity index (χ2v) is 6.55. The number of aromatic nitrogens is 1. The van der Waals surface area contributed by atoms with Gasteiger partial charge in [-0.25, -0.2) is 0 Å². The van der Waals surface area contributed by atoms with Gasteiger partial charge in [0.25, 0.3) is 5.69 Å². The van der Waals surface area contributed by atoms with Crippen LogP contribution in [0.2, 0.25) is 0 Å². The number of benzene rings is 1. The molecule has 8 heteroatoms. The molecule has 0 bridgehead atoms. The summed E-state index contributed by atoms with van der Waals surface area (Å²) < 4.78 is 6.93. The van der Waals surface area contributed by atoms with Crippen LogP contribution in [0.15, 0.2) is 76.6 Å². The van der Waals surface area contributed by atoms with Crippen molar-refractivity contribution in [3.05, 3.63) is 94.2 Å². The summed E-state index contributed by atoms with van der Waals surface area (Å²) in [6.07, 6.45) is 5.05. The molecule has 28 heavy (non-hydrogen) atoms. The number of carbonyl (C=O) groups excluding carboxylic acids is 1. The molecule has 1 aromatic carbocycles. The number of pyridine rings is 1. The molecule has 0 spiro atoms. The van der Waals surface area contributed by atoms with Gasteiger partial charge in [0.2, 0.25) is 11.8 Å². The molecule has 0 radical (unpaired) electrons. The van der Waals surface area contributed by atoms with Crippen molar-refractivity contribution >= 4 is 29.1 Å². The highest BCUT2D eigenvalue weighted by Crippen LogP contribution is 2.18. The van der Waals surface area contributed by atoms with E-state index in [1.807, 2.05) is 13.0 Å². The summed E-state index contributed by atoms with van der Waals surface area (Å²) in [5.74, 6) is 0.255. The van der Waals surface area contributed by atoms with Gasteiger partial charge in [-0.15, -0.1) is 0 Å². The van der Waals surface area contributed by atoms with Crippen LogP contribution in [0.5, 0.6) is 0 Å². The van der Waals surface area contributed by atoms with Gasteiger partial charge >= 0.3 is 0 Å². The second kappa shape index (κ2) is 8.53. The Hall–Kier alpha value is -3.39. The number of aliphatic imine (C=N–C) groups is 1. The minimum Gasteiger partial charge on any atom is -0.758 e. The molecule has 0 amide bonds. The van der Waals surface area contributed by atoms with Crippen LogP contribution < -0.4 is 4.57 Å². The van der Waals surface area contributed by atoms with Gasteiger partial charge in [0.1, 0.15) is 5.76 Å². The van der Waals surface area contributed by atoms with Crippen molar-refractivity contribution in [1.82, 2.24) is 0 Å². The predicted molar refractivity (Wildman–Crippen MR) is 105 cm³/mol. The lowest BCUT2D eigenvalue weighted by atomic mass is 10.0. The number of hydrogen-bond donors (Lipinski definition) is 0. The number of carbonyl (C=O) groups is 1. The van der Waals surface area contributed by atoms with E-state index in [1.165, 1.54) is 30.5 Å². The van der Waals surface area contributed by atoms with Gasteiger partial charge in [0.05, 0.1) is 17.7 Å². The number of non-ortho nitro benzene ring substituents is 1. The van der Waals surface area contributed by atoms with Gasteiger partial charge < -0.3 is 22.0 Å². The zero-order chi connectivity index (χ0) is 20.1. The van der Waals surface area contributed by atoms with Crippen LogP contribution in [-0.4, -0.2) is 15.8 Å². The van der Waals surface area contributed by atoms with E-state index in [1.54, 1.807) is 35.2 Å². The van der Waals surface area contributed by atoms with Crippen LogP contribution in [0, 0.1) is 17.0 Å². The number of nitrogens with zero attached hydrogens (tertiary/aromatic N) is 3. The average Bonchev–Trinajstić information content (AvgIpc) is 3.20. The van der Waals surface area contributed by atoms with E-state index in [0.29, 0.717) is 5.76 Å². The topological polar surface area (TPSA) is 89.6 Å². The lowest BCUT2D eigenvalue weighted by Gasteiger charge is -2.18. The Kier molecular flexibility index (Phi) is 5.90. The molecular weight excluding hydrogens is 378 g/mol. The van der Waals surface area contributed by atoms with Crippen LogP contribution in [0.1, 0.15) is 27.7 Å². The largest absolute Gasteiger partial charge is 0.758 e. The molecule has 142 valence electrons. The highest BCUT2D eigenvalue weighted by atomic mass is 32.1. The zero-order valence-corrected chi connectivity index (χ0v) is 15.8. The van der Waals surface area contributed by atoms with Crippen molar-refractivity contribution in [2.45, 2.75) is 19.5 Å². The maximum Gasteiger partial charge on any atom is 0.270 e. The van der Waals surface area contributed by atoms with Gasteiger partial charge in [0.15, 0.2) is 12.4 Å². The molecule has 3 rings (SSSR count). The van der Waals surface area contributed by atoms with Crippen molar-refractivity contribution in [3.8, 4) is 0 Å². The Balaban J connectivity index is 2.00. The first kappa shape index (κ1) is 19.4. The fourth-order valence-electron chi connectivity index (χ4n) is 2.73. The number of furan rings is 1. The van der Waals surface area contributed by atoms with E-state index < -0.39 is 11.0 Å². The molecule has 2 heterocycles. The highest BCUT2D eigenvalue weighted by Gasteiger charge is 2.29. The highest BCUT2D eigenvalue weighted by molar-refractivity contribution is 7.77. The summed E-state index contributed by atoms with van der Waals surface area (Å²) in [6, 6.07) is 11.9. The Labute approximate surface area is 166 Å². The first-order chi connectivity index (χ1) is 13.5. The molecule has 0 unspecified atom stereocenters. The quantitative estimate of drug-likeness (QED) is 0.116. The Morgan fingerprint density at radius 1 is 1.29 bits per heavy atom. The molecule has 2 aromatic heterocycles. The normalized spacial score (nSPS) is 12.5. The van der Waals surface area contributed by atoms with Gasteiger partial charge in [-0.3, -0.25) is 14.9 Å². The number of nitro benzene ring substituents is 1. The maximum absolute atomic E-state index is 13.2. The Morgan fingerprint density at radius 3 is 2.79 bits per heavy atom. The van der Waals surface area contributed by atoms with Crippen LogP contribution in [0.3, 0.4) is 0 Å². The third-order valence-corrected chi connectivity index (χ3v) is 4.42. The number of ketones is 1. The summed E-state index contributed by atoms with van der Waals surface area (Å²) >= 11 is 5.45. The fraction of sp³-hybridized carbons (Fsp3) is 0.150. The standard InChI is InChI=1S/C20H17N3O4S/c1-14-5-3-9-22(13-14)18(20(28)21-12-17-8-4-10-27-17)19(24)15-6-2-7-16(11-15)23(25)26/h2-11,13,18H,12H2,1H3/t18-/m0/s1. The van der Waals surface area contributed by atoms with Crippen LogP contribution in [0.4, 0.5) is 5.69 Å². The molecular formula is C20H17N3O4S.